The molecule has 0 heterocycles. The fourth-order valence-corrected chi connectivity index (χ4v) is 3.89. The van der Waals surface area contributed by atoms with Crippen molar-refractivity contribution in [3.8, 4) is 0 Å². The number of anilines is 1. The van der Waals surface area contributed by atoms with Gasteiger partial charge in [0.15, 0.2) is 0 Å². The molecule has 1 fully saturated rings. The minimum absolute atomic E-state index is 0.0260. The van der Waals surface area contributed by atoms with Gasteiger partial charge in [-0.2, -0.15) is 0 Å². The second kappa shape index (κ2) is 5.28. The molecular weight excluding hydrogens is 288 g/mol. The summed E-state index contributed by atoms with van der Waals surface area (Å²) in [6, 6.07) is 2.85. The molecule has 0 radical (unpaired) electrons. The summed E-state index contributed by atoms with van der Waals surface area (Å²) < 4.78 is 32.2. The zero-order chi connectivity index (χ0) is 14.2. The van der Waals surface area contributed by atoms with Crippen LogP contribution in [0.25, 0.3) is 0 Å². The van der Waals surface area contributed by atoms with E-state index in [1.807, 2.05) is 0 Å². The molecule has 1 aromatic rings. The van der Waals surface area contributed by atoms with Gasteiger partial charge in [-0.15, -0.1) is 0 Å². The van der Waals surface area contributed by atoms with E-state index in [-0.39, 0.29) is 22.1 Å². The van der Waals surface area contributed by atoms with Crippen LogP contribution < -0.4 is 10.5 Å². The number of methoxy groups -OCH3 is 1. The molecule has 1 aromatic carbocycles. The topological polar surface area (TPSA) is 81.4 Å². The average molecular weight is 305 g/mol. The lowest BCUT2D eigenvalue weighted by Gasteiger charge is -2.34. The minimum Gasteiger partial charge on any atom is -0.398 e. The van der Waals surface area contributed by atoms with Crippen LogP contribution in [0.5, 0.6) is 0 Å². The van der Waals surface area contributed by atoms with Gasteiger partial charge in [0.2, 0.25) is 10.0 Å². The molecule has 0 atom stereocenters. The molecule has 0 amide bonds. The molecule has 106 valence electrons. The van der Waals surface area contributed by atoms with Crippen LogP contribution in [0.15, 0.2) is 17.0 Å². The quantitative estimate of drug-likeness (QED) is 0.829. The maximum Gasteiger partial charge on any atom is 0.242 e. The lowest BCUT2D eigenvalue weighted by molar-refractivity contribution is 0.0236. The van der Waals surface area contributed by atoms with E-state index < -0.39 is 10.0 Å². The van der Waals surface area contributed by atoms with E-state index in [4.69, 9.17) is 22.1 Å². The van der Waals surface area contributed by atoms with Crippen molar-refractivity contribution in [3.63, 3.8) is 0 Å². The van der Waals surface area contributed by atoms with E-state index in [0.29, 0.717) is 18.5 Å². The zero-order valence-corrected chi connectivity index (χ0v) is 12.4. The van der Waals surface area contributed by atoms with Gasteiger partial charge in [0.05, 0.1) is 11.1 Å². The molecule has 0 bridgehead atoms. The van der Waals surface area contributed by atoms with E-state index in [1.54, 1.807) is 20.1 Å². The second-order valence-electron chi connectivity index (χ2n) is 4.79. The summed E-state index contributed by atoms with van der Waals surface area (Å²) >= 11 is 5.99. The number of rotatable bonds is 4. The molecule has 5 nitrogen and oxygen atoms in total. The molecule has 3 N–H and O–H groups in total. The summed E-state index contributed by atoms with van der Waals surface area (Å²) in [6.07, 6.45) is 1.48. The molecule has 0 unspecified atom stereocenters. The van der Waals surface area contributed by atoms with Crippen molar-refractivity contribution in [2.45, 2.75) is 36.8 Å². The summed E-state index contributed by atoms with van der Waals surface area (Å²) in [4.78, 5) is 0.0260. The van der Waals surface area contributed by atoms with Gasteiger partial charge in [-0.25, -0.2) is 13.1 Å². The van der Waals surface area contributed by atoms with Crippen LogP contribution in [0.1, 0.15) is 18.4 Å². The van der Waals surface area contributed by atoms with Crippen molar-refractivity contribution in [1.82, 2.24) is 4.72 Å². The molecule has 0 aliphatic heterocycles. The van der Waals surface area contributed by atoms with Crippen molar-refractivity contribution >= 4 is 27.3 Å². The normalized spacial score (nSPS) is 23.1. The Hall–Kier alpha value is -0.820. The van der Waals surface area contributed by atoms with E-state index in [0.717, 1.165) is 5.56 Å². The Labute approximate surface area is 118 Å². The Morgan fingerprint density at radius 2 is 2.05 bits per heavy atom. The van der Waals surface area contributed by atoms with Crippen LogP contribution in [0.4, 0.5) is 5.69 Å². The first-order valence-electron chi connectivity index (χ1n) is 5.94. The van der Waals surface area contributed by atoms with Gasteiger partial charge >= 0.3 is 0 Å². The Kier molecular flexibility index (Phi) is 4.06. The third-order valence-corrected chi connectivity index (χ3v) is 5.35. The fourth-order valence-electron chi connectivity index (χ4n) is 2.01. The molecule has 19 heavy (non-hydrogen) atoms. The maximum absolute atomic E-state index is 12.2. The van der Waals surface area contributed by atoms with Gasteiger partial charge in [-0.3, -0.25) is 0 Å². The molecule has 0 saturated heterocycles. The number of aryl methyl sites for hydroxylation is 1. The zero-order valence-electron chi connectivity index (χ0n) is 10.8. The van der Waals surface area contributed by atoms with Gasteiger partial charge in [-0.05, 0) is 37.5 Å². The smallest absolute Gasteiger partial charge is 0.242 e. The molecule has 0 spiro atoms. The highest BCUT2D eigenvalue weighted by Crippen LogP contribution is 2.29. The summed E-state index contributed by atoms with van der Waals surface area (Å²) in [6.45, 7) is 1.78. The number of halogens is 1. The number of benzene rings is 1. The molecule has 0 aromatic heterocycles. The number of sulfonamides is 1. The van der Waals surface area contributed by atoms with E-state index >= 15 is 0 Å². The Balaban J connectivity index is 2.18. The molecular formula is C12H17ClN2O3S. The number of nitrogens with one attached hydrogen (secondary N) is 1. The van der Waals surface area contributed by atoms with Gasteiger partial charge < -0.3 is 10.5 Å². The highest BCUT2D eigenvalue weighted by atomic mass is 35.5. The summed E-state index contributed by atoms with van der Waals surface area (Å²) in [5.41, 5.74) is 6.90. The van der Waals surface area contributed by atoms with Gasteiger partial charge in [0.1, 0.15) is 4.90 Å². The average Bonchev–Trinajstić information content (AvgIpc) is 2.27. The Morgan fingerprint density at radius 1 is 1.42 bits per heavy atom. The summed E-state index contributed by atoms with van der Waals surface area (Å²) in [5.74, 6) is 0. The number of nitrogens with two attached hydrogens (primary N) is 1. The highest BCUT2D eigenvalue weighted by molar-refractivity contribution is 7.89. The number of hydrogen-bond donors (Lipinski definition) is 2. The predicted octanol–water partition coefficient (Wildman–Crippen LogP) is 1.69. The van der Waals surface area contributed by atoms with Crippen LogP contribution in [-0.2, 0) is 14.8 Å². The van der Waals surface area contributed by atoms with E-state index in [1.165, 1.54) is 6.07 Å². The van der Waals surface area contributed by atoms with Crippen LogP contribution in [0.2, 0.25) is 5.02 Å². The van der Waals surface area contributed by atoms with Crippen molar-refractivity contribution in [1.29, 1.82) is 0 Å². The number of hydrogen-bond acceptors (Lipinski definition) is 4. The third kappa shape index (κ3) is 3.02. The van der Waals surface area contributed by atoms with Crippen molar-refractivity contribution < 1.29 is 13.2 Å². The Morgan fingerprint density at radius 3 is 2.63 bits per heavy atom. The molecule has 1 saturated carbocycles. The summed E-state index contributed by atoms with van der Waals surface area (Å²) in [5, 5.41) is 0.182. The summed E-state index contributed by atoms with van der Waals surface area (Å²) in [7, 11) is -2.02. The molecule has 1 aliphatic rings. The number of ether oxygens (including phenoxy) is 1. The van der Waals surface area contributed by atoms with E-state index in [2.05, 4.69) is 4.72 Å². The number of nitrogen functional groups attached to an aromatic ring is 1. The maximum atomic E-state index is 12.2. The van der Waals surface area contributed by atoms with Crippen LogP contribution >= 0.6 is 11.6 Å². The Bertz CT molecular complexity index is 583. The molecule has 7 heteroatoms. The van der Waals surface area contributed by atoms with Crippen molar-refractivity contribution in [2.75, 3.05) is 12.8 Å². The fraction of sp³-hybridized carbons (Fsp3) is 0.500. The van der Waals surface area contributed by atoms with Crippen LogP contribution in [-0.4, -0.2) is 27.7 Å². The predicted molar refractivity (Wildman–Crippen MR) is 74.7 cm³/mol. The third-order valence-electron chi connectivity index (χ3n) is 3.36. The molecule has 2 rings (SSSR count). The van der Waals surface area contributed by atoms with Crippen molar-refractivity contribution in [3.05, 3.63) is 22.7 Å². The monoisotopic (exact) mass is 304 g/mol. The first kappa shape index (κ1) is 14.6. The minimum atomic E-state index is -3.64. The highest BCUT2D eigenvalue weighted by Gasteiger charge is 2.33. The molecule has 1 aliphatic carbocycles. The second-order valence-corrected chi connectivity index (χ2v) is 6.88. The first-order valence-corrected chi connectivity index (χ1v) is 7.80. The standard InChI is InChI=1S/C12H17ClN2O3S/c1-7-3-10(13)12(6-11(7)14)19(16,17)15-8-4-9(5-8)18-2/h3,6,8-9,15H,4-5,14H2,1-2H3. The van der Waals surface area contributed by atoms with Crippen molar-refractivity contribution in [2.24, 2.45) is 0 Å². The van der Waals surface area contributed by atoms with Crippen LogP contribution in [0, 0.1) is 6.92 Å². The van der Waals surface area contributed by atoms with Gasteiger partial charge in [-0.1, -0.05) is 11.6 Å². The largest absolute Gasteiger partial charge is 0.398 e. The van der Waals surface area contributed by atoms with Crippen LogP contribution in [0.3, 0.4) is 0 Å². The lowest BCUT2D eigenvalue weighted by atomic mass is 9.90. The van der Waals surface area contributed by atoms with Gasteiger partial charge in [0, 0.05) is 18.8 Å². The SMILES string of the molecule is COC1CC(NS(=O)(=O)c2cc(N)c(C)cc2Cl)C1. The lowest BCUT2D eigenvalue weighted by Crippen LogP contribution is -2.47. The first-order chi connectivity index (χ1) is 8.83. The van der Waals surface area contributed by atoms with E-state index in [9.17, 15) is 8.42 Å². The van der Waals surface area contributed by atoms with Gasteiger partial charge in [0.25, 0.3) is 0 Å².